The molecule has 0 fully saturated rings. The molecule has 0 saturated carbocycles. The Morgan fingerprint density at radius 3 is 2.62 bits per heavy atom. The number of benzene rings is 2. The molecule has 3 rings (SSSR count). The van der Waals surface area contributed by atoms with Crippen molar-refractivity contribution in [1.29, 1.82) is 0 Å². The Morgan fingerprint density at radius 1 is 1.27 bits per heavy atom. The molecule has 1 N–H and O–H groups in total. The van der Waals surface area contributed by atoms with E-state index in [9.17, 15) is 19.9 Å². The average molecular weight is 357 g/mol. The molecule has 0 spiro atoms. The van der Waals surface area contributed by atoms with Crippen LogP contribution in [-0.4, -0.2) is 36.2 Å². The number of carbonyl (C=O) groups excluding carboxylic acids is 1. The number of ether oxygens (including phenoxy) is 2. The van der Waals surface area contributed by atoms with Crippen LogP contribution in [0.4, 0.5) is 0 Å². The Bertz CT molecular complexity index is 824. The van der Waals surface area contributed by atoms with Crippen molar-refractivity contribution in [1.82, 2.24) is 0 Å². The molecule has 9 heteroatoms. The van der Waals surface area contributed by atoms with Crippen molar-refractivity contribution in [3.63, 3.8) is 0 Å². The zero-order chi connectivity index (χ0) is 18.7. The zero-order valence-corrected chi connectivity index (χ0v) is 14.0. The van der Waals surface area contributed by atoms with Gasteiger partial charge in [-0.3, -0.25) is 10.1 Å². The number of hydrogen-bond donors (Lipinski definition) is 1. The van der Waals surface area contributed by atoms with Crippen LogP contribution in [0.2, 0.25) is 0 Å². The Kier molecular flexibility index (Phi) is 5.20. The maximum atomic E-state index is 11.6. The first-order valence-corrected chi connectivity index (χ1v) is 8.02. The molecule has 0 aliphatic carbocycles. The molecule has 0 aromatic heterocycles. The van der Waals surface area contributed by atoms with Gasteiger partial charge in [-0.05, 0) is 54.3 Å². The Morgan fingerprint density at radius 2 is 1.96 bits per heavy atom. The highest BCUT2D eigenvalue weighted by Crippen LogP contribution is 2.28. The molecular formula is C17H16BNO7. The quantitative estimate of drug-likeness (QED) is 0.363. The van der Waals surface area contributed by atoms with E-state index in [4.69, 9.17) is 14.1 Å². The number of carbonyl (C=O) groups is 1. The summed E-state index contributed by atoms with van der Waals surface area (Å²) in [4.78, 5) is 21.8. The van der Waals surface area contributed by atoms with Crippen LogP contribution in [0.15, 0.2) is 42.5 Å². The summed E-state index contributed by atoms with van der Waals surface area (Å²) in [5.74, 6) is 0.527. The molecule has 1 aliphatic rings. The van der Waals surface area contributed by atoms with Crippen LogP contribution in [0, 0.1) is 10.1 Å². The van der Waals surface area contributed by atoms with Gasteiger partial charge in [-0.1, -0.05) is 6.07 Å². The summed E-state index contributed by atoms with van der Waals surface area (Å²) < 4.78 is 15.8. The van der Waals surface area contributed by atoms with Gasteiger partial charge < -0.3 is 19.2 Å². The second-order valence-electron chi connectivity index (χ2n) is 5.63. The highest BCUT2D eigenvalue weighted by atomic mass is 16.6. The molecule has 1 atom stereocenters. The lowest BCUT2D eigenvalue weighted by atomic mass is 9.79. The van der Waals surface area contributed by atoms with Gasteiger partial charge in [-0.15, -0.1) is 0 Å². The topological polar surface area (TPSA) is 108 Å². The van der Waals surface area contributed by atoms with Gasteiger partial charge in [0.05, 0.1) is 12.2 Å². The highest BCUT2D eigenvalue weighted by molar-refractivity contribution is 6.61. The molecule has 0 radical (unpaired) electrons. The van der Waals surface area contributed by atoms with E-state index in [0.29, 0.717) is 34.7 Å². The predicted octanol–water partition coefficient (Wildman–Crippen LogP) is 1.69. The number of hydrogen-bond acceptors (Lipinski definition) is 7. The maximum absolute atomic E-state index is 11.6. The van der Waals surface area contributed by atoms with E-state index in [1.54, 1.807) is 49.4 Å². The third-order valence-corrected chi connectivity index (χ3v) is 3.88. The lowest BCUT2D eigenvalue weighted by Crippen LogP contribution is -2.28. The van der Waals surface area contributed by atoms with Gasteiger partial charge >= 0.3 is 13.1 Å². The van der Waals surface area contributed by atoms with Crippen molar-refractivity contribution in [2.75, 3.05) is 13.2 Å². The molecule has 0 saturated heterocycles. The van der Waals surface area contributed by atoms with Gasteiger partial charge in [-0.2, -0.15) is 0 Å². The van der Waals surface area contributed by atoms with Crippen LogP contribution in [0.3, 0.4) is 0 Å². The van der Waals surface area contributed by atoms with E-state index in [-0.39, 0.29) is 0 Å². The van der Waals surface area contributed by atoms with E-state index in [2.05, 4.69) is 0 Å². The highest BCUT2D eigenvalue weighted by Gasteiger charge is 2.38. The summed E-state index contributed by atoms with van der Waals surface area (Å²) in [6, 6.07) is 11.3. The van der Waals surface area contributed by atoms with Gasteiger partial charge in [-0.25, -0.2) is 4.79 Å². The van der Waals surface area contributed by atoms with E-state index in [1.807, 2.05) is 0 Å². The number of nitro groups is 1. The predicted molar refractivity (Wildman–Crippen MR) is 92.2 cm³/mol. The van der Waals surface area contributed by atoms with Crippen LogP contribution >= 0.6 is 0 Å². The summed E-state index contributed by atoms with van der Waals surface area (Å²) >= 11 is 0. The van der Waals surface area contributed by atoms with Crippen LogP contribution in [0.25, 0.3) is 0 Å². The molecule has 2 aromatic carbocycles. The fourth-order valence-corrected chi connectivity index (χ4v) is 2.71. The Hall–Kier alpha value is -2.91. The minimum Gasteiger partial charge on any atom is -0.462 e. The largest absolute Gasteiger partial charge is 0.492 e. The summed E-state index contributed by atoms with van der Waals surface area (Å²) in [7, 11) is -1.23. The molecule has 1 heterocycles. The number of fused-ring (bicyclic) bond motifs is 1. The van der Waals surface area contributed by atoms with Crippen molar-refractivity contribution in [3.05, 3.63) is 63.7 Å². The van der Waals surface area contributed by atoms with E-state index in [0.717, 1.165) is 0 Å². The molecule has 1 unspecified atom stereocenters. The molecule has 2 aromatic rings. The van der Waals surface area contributed by atoms with Crippen LogP contribution < -0.4 is 10.2 Å². The first-order chi connectivity index (χ1) is 12.5. The fourth-order valence-electron chi connectivity index (χ4n) is 2.71. The number of nitrogens with zero attached hydrogens (tertiary/aromatic N) is 1. The molecule has 0 bridgehead atoms. The van der Waals surface area contributed by atoms with E-state index < -0.39 is 30.7 Å². The molecular weight excluding hydrogens is 341 g/mol. The van der Waals surface area contributed by atoms with Crippen LogP contribution in [0.1, 0.15) is 28.9 Å². The van der Waals surface area contributed by atoms with Gasteiger partial charge in [0.2, 0.25) is 6.54 Å². The SMILES string of the molecule is CCOC(=O)c1ccc(Oc2ccc3c(c2)B(O)OC3C[N+](=O)[O-])cc1. The van der Waals surface area contributed by atoms with Gasteiger partial charge in [0.1, 0.15) is 17.6 Å². The van der Waals surface area contributed by atoms with Gasteiger partial charge in [0.15, 0.2) is 0 Å². The van der Waals surface area contributed by atoms with Crippen molar-refractivity contribution in [2.24, 2.45) is 0 Å². The van der Waals surface area contributed by atoms with E-state index >= 15 is 0 Å². The summed E-state index contributed by atoms with van der Waals surface area (Å²) in [5.41, 5.74) is 1.43. The Labute approximate surface area is 149 Å². The summed E-state index contributed by atoms with van der Waals surface area (Å²) in [6.45, 7) is 1.62. The molecule has 26 heavy (non-hydrogen) atoms. The van der Waals surface area contributed by atoms with Gasteiger partial charge in [0.25, 0.3) is 0 Å². The monoisotopic (exact) mass is 357 g/mol. The second kappa shape index (κ2) is 7.55. The molecule has 8 nitrogen and oxygen atoms in total. The Balaban J connectivity index is 1.74. The second-order valence-corrected chi connectivity index (χ2v) is 5.63. The van der Waals surface area contributed by atoms with E-state index in [1.165, 1.54) is 0 Å². The third-order valence-electron chi connectivity index (χ3n) is 3.88. The third kappa shape index (κ3) is 3.84. The van der Waals surface area contributed by atoms with Crippen molar-refractivity contribution >= 4 is 18.6 Å². The standard InChI is InChI=1S/C17H16BNO7/c1-2-24-17(20)11-3-5-12(6-4-11)25-13-7-8-14-15(9-13)18(21)26-16(14)10-19(22)23/h3-9,16,21H,2,10H2,1H3. The number of rotatable bonds is 6. The zero-order valence-electron chi connectivity index (χ0n) is 14.0. The lowest BCUT2D eigenvalue weighted by molar-refractivity contribution is -0.490. The first kappa shape index (κ1) is 17.9. The van der Waals surface area contributed by atoms with Crippen molar-refractivity contribution in [3.8, 4) is 11.5 Å². The maximum Gasteiger partial charge on any atom is 0.492 e. The van der Waals surface area contributed by atoms with Crippen molar-refractivity contribution in [2.45, 2.75) is 13.0 Å². The average Bonchev–Trinajstić information content (AvgIpc) is 2.90. The molecule has 134 valence electrons. The first-order valence-electron chi connectivity index (χ1n) is 8.02. The molecule has 0 amide bonds. The van der Waals surface area contributed by atoms with Crippen LogP contribution in [-0.2, 0) is 9.39 Å². The van der Waals surface area contributed by atoms with Crippen molar-refractivity contribution < 1.29 is 28.9 Å². The van der Waals surface area contributed by atoms with Crippen LogP contribution in [0.5, 0.6) is 11.5 Å². The fraction of sp³-hybridized carbons (Fsp3) is 0.235. The summed E-state index contributed by atoms with van der Waals surface area (Å²) in [6.07, 6.45) is -0.784. The van der Waals surface area contributed by atoms with Gasteiger partial charge in [0, 0.05) is 4.92 Å². The lowest BCUT2D eigenvalue weighted by Gasteiger charge is -2.09. The summed E-state index contributed by atoms with van der Waals surface area (Å²) in [5, 5.41) is 20.6. The minimum atomic E-state index is -1.23. The smallest absolute Gasteiger partial charge is 0.462 e. The normalized spacial score (nSPS) is 15.5. The minimum absolute atomic E-state index is 0.300. The number of esters is 1. The molecule has 1 aliphatic heterocycles.